The number of nitrogens with zero attached hydrogens (tertiary/aromatic N) is 2. The van der Waals surface area contributed by atoms with E-state index in [2.05, 4.69) is 38.4 Å². The fourth-order valence-electron chi connectivity index (χ4n) is 4.28. The lowest BCUT2D eigenvalue weighted by molar-refractivity contribution is 0.253. The van der Waals surface area contributed by atoms with Gasteiger partial charge in [-0.3, -0.25) is 4.90 Å². The highest BCUT2D eigenvalue weighted by Gasteiger charge is 2.17. The Labute approximate surface area is 183 Å². The van der Waals surface area contributed by atoms with Crippen molar-refractivity contribution in [2.24, 2.45) is 5.73 Å². The molecule has 0 aliphatic carbocycles. The van der Waals surface area contributed by atoms with Crippen LogP contribution < -0.4 is 20.7 Å². The molecule has 3 aromatic rings. The molecule has 1 aliphatic rings. The van der Waals surface area contributed by atoms with E-state index in [0.717, 1.165) is 67.9 Å². The van der Waals surface area contributed by atoms with Crippen molar-refractivity contribution >= 4 is 28.3 Å². The summed E-state index contributed by atoms with van der Waals surface area (Å²) in [5, 5.41) is 3.81. The molecule has 4 N–H and O–H groups in total. The highest BCUT2D eigenvalue weighted by Crippen LogP contribution is 2.24. The monoisotopic (exact) mass is 421 g/mol. The van der Waals surface area contributed by atoms with Gasteiger partial charge in [-0.05, 0) is 73.8 Å². The number of hydrogen-bond acceptors (Lipinski definition) is 4. The number of unbranched alkanes of at least 4 members (excludes halogenated alkanes) is 1. The normalized spacial score (nSPS) is 14.7. The predicted octanol–water partition coefficient (Wildman–Crippen LogP) is 3.81. The molecular formula is C24H31N5O2. The maximum Gasteiger partial charge on any atom is 0.316 e. The van der Waals surface area contributed by atoms with Gasteiger partial charge >= 0.3 is 6.03 Å². The molecule has 1 aromatic heterocycles. The molecule has 164 valence electrons. The van der Waals surface area contributed by atoms with Gasteiger partial charge in [0.15, 0.2) is 0 Å². The Kier molecular flexibility index (Phi) is 6.62. The number of anilines is 2. The van der Waals surface area contributed by atoms with Crippen LogP contribution in [0.4, 0.5) is 16.2 Å². The van der Waals surface area contributed by atoms with Crippen LogP contribution in [0, 0.1) is 0 Å². The molecule has 0 atom stereocenters. The number of ether oxygens (including phenoxy) is 1. The van der Waals surface area contributed by atoms with E-state index in [0.29, 0.717) is 0 Å². The van der Waals surface area contributed by atoms with Gasteiger partial charge in [0.2, 0.25) is 0 Å². The number of aromatic amines is 1. The van der Waals surface area contributed by atoms with Gasteiger partial charge in [0.05, 0.1) is 7.11 Å². The van der Waals surface area contributed by atoms with Crippen LogP contribution in [-0.2, 0) is 6.42 Å². The fourth-order valence-corrected chi connectivity index (χ4v) is 4.28. The summed E-state index contributed by atoms with van der Waals surface area (Å²) < 4.78 is 5.25. The highest BCUT2D eigenvalue weighted by atomic mass is 16.5. The molecule has 2 aromatic carbocycles. The van der Waals surface area contributed by atoms with Crippen LogP contribution in [-0.4, -0.2) is 55.7 Å². The summed E-state index contributed by atoms with van der Waals surface area (Å²) in [5.74, 6) is 0.901. The zero-order chi connectivity index (χ0) is 21.6. The Hall–Kier alpha value is -3.19. The first kappa shape index (κ1) is 21.1. The number of primary amides is 1. The van der Waals surface area contributed by atoms with Crippen molar-refractivity contribution in [2.45, 2.75) is 19.3 Å². The second-order valence-corrected chi connectivity index (χ2v) is 8.05. The van der Waals surface area contributed by atoms with Crippen molar-refractivity contribution in [2.75, 3.05) is 50.1 Å². The Morgan fingerprint density at radius 1 is 1.10 bits per heavy atom. The molecule has 4 rings (SSSR count). The SMILES string of the molecule is COc1ccc(N2CCN(CCCCc3c[nH]c4ccc(NC(N)=O)cc34)CC2)cc1. The van der Waals surface area contributed by atoms with Crippen molar-refractivity contribution in [3.8, 4) is 5.75 Å². The lowest BCUT2D eigenvalue weighted by Gasteiger charge is -2.36. The van der Waals surface area contributed by atoms with Crippen LogP contribution in [0.2, 0.25) is 0 Å². The lowest BCUT2D eigenvalue weighted by Crippen LogP contribution is -2.46. The number of H-pyrrole nitrogens is 1. The summed E-state index contributed by atoms with van der Waals surface area (Å²) in [6.07, 6.45) is 5.41. The van der Waals surface area contributed by atoms with Crippen molar-refractivity contribution in [1.82, 2.24) is 9.88 Å². The third-order valence-electron chi connectivity index (χ3n) is 6.02. The molecule has 0 unspecified atom stereocenters. The number of fused-ring (bicyclic) bond motifs is 1. The standard InChI is InChI=1S/C24H31N5O2/c1-31-21-8-6-20(7-9-21)29-14-12-28(13-15-29)11-3-2-4-18-17-26-23-10-5-19(16-22(18)23)27-24(25)30/h5-10,16-17,26H,2-4,11-15H2,1H3,(H3,25,27,30). The fraction of sp³-hybridized carbons (Fsp3) is 0.375. The summed E-state index contributed by atoms with van der Waals surface area (Å²) in [5.41, 5.74) is 9.60. The number of rotatable bonds is 8. The van der Waals surface area contributed by atoms with Gasteiger partial charge in [0.1, 0.15) is 5.75 Å². The molecule has 7 nitrogen and oxygen atoms in total. The second kappa shape index (κ2) is 9.75. The molecule has 0 spiro atoms. The van der Waals surface area contributed by atoms with E-state index in [1.807, 2.05) is 30.3 Å². The lowest BCUT2D eigenvalue weighted by atomic mass is 10.1. The maximum absolute atomic E-state index is 11.1. The van der Waals surface area contributed by atoms with Gasteiger partial charge in [-0.15, -0.1) is 0 Å². The smallest absolute Gasteiger partial charge is 0.316 e. The molecule has 1 aliphatic heterocycles. The number of methoxy groups -OCH3 is 1. The van der Waals surface area contributed by atoms with Crippen LogP contribution in [0.15, 0.2) is 48.7 Å². The van der Waals surface area contributed by atoms with Gasteiger partial charge < -0.3 is 25.7 Å². The van der Waals surface area contributed by atoms with E-state index >= 15 is 0 Å². The van der Waals surface area contributed by atoms with Crippen LogP contribution in [0.5, 0.6) is 5.75 Å². The quantitative estimate of drug-likeness (QED) is 0.483. The first-order chi connectivity index (χ1) is 15.1. The minimum Gasteiger partial charge on any atom is -0.497 e. The molecule has 7 heteroatoms. The van der Waals surface area contributed by atoms with Crippen molar-refractivity contribution < 1.29 is 9.53 Å². The zero-order valence-corrected chi connectivity index (χ0v) is 18.1. The molecule has 0 saturated carbocycles. The maximum atomic E-state index is 11.1. The number of carbonyl (C=O) groups is 1. The van der Waals surface area contributed by atoms with E-state index in [4.69, 9.17) is 10.5 Å². The van der Waals surface area contributed by atoms with E-state index in [1.54, 1.807) is 7.11 Å². The number of aryl methyl sites for hydroxylation is 1. The van der Waals surface area contributed by atoms with E-state index < -0.39 is 6.03 Å². The third-order valence-corrected chi connectivity index (χ3v) is 6.02. The zero-order valence-electron chi connectivity index (χ0n) is 18.1. The molecule has 0 bridgehead atoms. The van der Waals surface area contributed by atoms with Crippen molar-refractivity contribution in [3.63, 3.8) is 0 Å². The molecule has 0 radical (unpaired) electrons. The van der Waals surface area contributed by atoms with Gasteiger partial charge in [0.25, 0.3) is 0 Å². The highest BCUT2D eigenvalue weighted by molar-refractivity contribution is 5.93. The number of hydrogen-bond donors (Lipinski definition) is 3. The Morgan fingerprint density at radius 3 is 2.58 bits per heavy atom. The number of nitrogens with one attached hydrogen (secondary N) is 2. The first-order valence-corrected chi connectivity index (χ1v) is 10.9. The van der Waals surface area contributed by atoms with E-state index in [1.165, 1.54) is 17.7 Å². The Bertz CT molecular complexity index is 1010. The Balaban J connectivity index is 1.22. The van der Waals surface area contributed by atoms with Crippen molar-refractivity contribution in [3.05, 3.63) is 54.2 Å². The third kappa shape index (κ3) is 5.30. The molecular weight excluding hydrogens is 390 g/mol. The van der Waals surface area contributed by atoms with Gasteiger partial charge in [-0.1, -0.05) is 0 Å². The molecule has 2 amide bonds. The minimum atomic E-state index is -0.538. The second-order valence-electron chi connectivity index (χ2n) is 8.05. The van der Waals surface area contributed by atoms with Crippen LogP contribution in [0.1, 0.15) is 18.4 Å². The number of carbonyl (C=O) groups excluding carboxylic acids is 1. The Morgan fingerprint density at radius 2 is 1.87 bits per heavy atom. The minimum absolute atomic E-state index is 0.538. The van der Waals surface area contributed by atoms with Crippen LogP contribution >= 0.6 is 0 Å². The largest absolute Gasteiger partial charge is 0.497 e. The summed E-state index contributed by atoms with van der Waals surface area (Å²) in [6.45, 7) is 5.45. The predicted molar refractivity (Wildman–Crippen MR) is 126 cm³/mol. The molecule has 2 heterocycles. The first-order valence-electron chi connectivity index (χ1n) is 10.9. The molecule has 1 saturated heterocycles. The van der Waals surface area contributed by atoms with Crippen LogP contribution in [0.3, 0.4) is 0 Å². The summed E-state index contributed by atoms with van der Waals surface area (Å²) in [7, 11) is 1.70. The molecule has 1 fully saturated rings. The number of benzene rings is 2. The number of nitrogens with two attached hydrogens (primary N) is 1. The topological polar surface area (TPSA) is 86.6 Å². The van der Waals surface area contributed by atoms with Crippen LogP contribution in [0.25, 0.3) is 10.9 Å². The summed E-state index contributed by atoms with van der Waals surface area (Å²) in [4.78, 5) is 19.4. The van der Waals surface area contributed by atoms with E-state index in [9.17, 15) is 4.79 Å². The summed E-state index contributed by atoms with van der Waals surface area (Å²) in [6, 6.07) is 13.6. The van der Waals surface area contributed by atoms with Gasteiger partial charge in [0, 0.05) is 54.7 Å². The average molecular weight is 422 g/mol. The van der Waals surface area contributed by atoms with E-state index in [-0.39, 0.29) is 0 Å². The number of aromatic nitrogens is 1. The van der Waals surface area contributed by atoms with Gasteiger partial charge in [-0.2, -0.15) is 0 Å². The van der Waals surface area contributed by atoms with Crippen molar-refractivity contribution in [1.29, 1.82) is 0 Å². The average Bonchev–Trinajstić information content (AvgIpc) is 3.19. The number of urea groups is 1. The molecule has 31 heavy (non-hydrogen) atoms. The van der Waals surface area contributed by atoms with Gasteiger partial charge in [-0.25, -0.2) is 4.79 Å². The summed E-state index contributed by atoms with van der Waals surface area (Å²) >= 11 is 0. The number of amides is 2. The number of piperazine rings is 1.